The molecular formula is C17H17Cl2NO3. The molecule has 0 bridgehead atoms. The quantitative estimate of drug-likeness (QED) is 0.480. The molecule has 0 amide bonds. The minimum Gasteiger partial charge on any atom is -0.456 e. The third-order valence-corrected chi connectivity index (χ3v) is 4.05. The summed E-state index contributed by atoms with van der Waals surface area (Å²) in [5, 5.41) is 11.8. The number of aryl methyl sites for hydroxylation is 1. The van der Waals surface area contributed by atoms with Gasteiger partial charge in [-0.1, -0.05) is 44.0 Å². The van der Waals surface area contributed by atoms with Gasteiger partial charge in [0.15, 0.2) is 0 Å². The second kappa shape index (κ2) is 6.38. The average molecular weight is 354 g/mol. The molecule has 122 valence electrons. The van der Waals surface area contributed by atoms with Gasteiger partial charge in [-0.05, 0) is 42.2 Å². The molecule has 0 spiro atoms. The molecular weight excluding hydrogens is 337 g/mol. The highest BCUT2D eigenvalue weighted by molar-refractivity contribution is 6.32. The van der Waals surface area contributed by atoms with Crippen molar-refractivity contribution in [2.45, 2.75) is 33.1 Å². The maximum Gasteiger partial charge on any atom is 0.274 e. The topological polar surface area (TPSA) is 52.4 Å². The van der Waals surface area contributed by atoms with E-state index in [2.05, 4.69) is 20.8 Å². The standard InChI is InChI=1S/C17H17Cl2NO3/c1-10-7-16(14(19)9-15(10)20(21)22)23-11-5-6-13(18)12(8-11)17(2,3)4/h5-9H,1-4H3. The van der Waals surface area contributed by atoms with E-state index in [1.165, 1.54) is 6.07 Å². The Bertz CT molecular complexity index is 767. The molecule has 0 aromatic heterocycles. The molecule has 0 heterocycles. The van der Waals surface area contributed by atoms with Gasteiger partial charge in [0.25, 0.3) is 5.69 Å². The minimum absolute atomic E-state index is 0.0335. The fourth-order valence-corrected chi connectivity index (χ4v) is 2.79. The zero-order valence-electron chi connectivity index (χ0n) is 13.3. The van der Waals surface area contributed by atoms with Crippen LogP contribution in [0.2, 0.25) is 10.0 Å². The molecule has 2 aromatic rings. The van der Waals surface area contributed by atoms with E-state index in [0.29, 0.717) is 22.1 Å². The summed E-state index contributed by atoms with van der Waals surface area (Å²) in [5.41, 5.74) is 1.27. The molecule has 6 heteroatoms. The van der Waals surface area contributed by atoms with Crippen molar-refractivity contribution in [1.29, 1.82) is 0 Å². The van der Waals surface area contributed by atoms with Crippen LogP contribution in [0.3, 0.4) is 0 Å². The molecule has 23 heavy (non-hydrogen) atoms. The van der Waals surface area contributed by atoms with Crippen molar-refractivity contribution >= 4 is 28.9 Å². The van der Waals surface area contributed by atoms with E-state index in [9.17, 15) is 10.1 Å². The molecule has 0 saturated heterocycles. The number of halogens is 2. The SMILES string of the molecule is Cc1cc(Oc2ccc(Cl)c(C(C)(C)C)c2)c(Cl)cc1[N+](=O)[O-]. The largest absolute Gasteiger partial charge is 0.456 e. The Morgan fingerprint density at radius 1 is 1.09 bits per heavy atom. The summed E-state index contributed by atoms with van der Waals surface area (Å²) in [7, 11) is 0. The fourth-order valence-electron chi connectivity index (χ4n) is 2.19. The lowest BCUT2D eigenvalue weighted by atomic mass is 9.87. The smallest absolute Gasteiger partial charge is 0.274 e. The number of nitro benzene ring substituents is 1. The van der Waals surface area contributed by atoms with Crippen LogP contribution in [0, 0.1) is 17.0 Å². The summed E-state index contributed by atoms with van der Waals surface area (Å²) >= 11 is 12.3. The second-order valence-corrected chi connectivity index (χ2v) is 7.13. The van der Waals surface area contributed by atoms with E-state index < -0.39 is 4.92 Å². The lowest BCUT2D eigenvalue weighted by molar-refractivity contribution is -0.385. The Morgan fingerprint density at radius 3 is 2.30 bits per heavy atom. The number of nitrogens with zero attached hydrogens (tertiary/aromatic N) is 1. The molecule has 2 rings (SSSR count). The molecule has 4 nitrogen and oxygen atoms in total. The van der Waals surface area contributed by atoms with E-state index in [1.807, 2.05) is 6.07 Å². The van der Waals surface area contributed by atoms with Gasteiger partial charge in [0.1, 0.15) is 11.5 Å². The highest BCUT2D eigenvalue weighted by Crippen LogP contribution is 2.37. The molecule has 0 aliphatic rings. The molecule has 0 saturated carbocycles. The first-order valence-electron chi connectivity index (χ1n) is 7.02. The predicted molar refractivity (Wildman–Crippen MR) is 93.1 cm³/mol. The van der Waals surface area contributed by atoms with E-state index in [4.69, 9.17) is 27.9 Å². The van der Waals surface area contributed by atoms with Gasteiger partial charge < -0.3 is 4.74 Å². The van der Waals surface area contributed by atoms with Crippen molar-refractivity contribution in [3.05, 3.63) is 61.6 Å². The third-order valence-electron chi connectivity index (χ3n) is 3.42. The van der Waals surface area contributed by atoms with E-state index in [-0.39, 0.29) is 16.1 Å². The highest BCUT2D eigenvalue weighted by Gasteiger charge is 2.19. The van der Waals surface area contributed by atoms with Crippen LogP contribution in [0.15, 0.2) is 30.3 Å². The van der Waals surface area contributed by atoms with Crippen molar-refractivity contribution in [3.8, 4) is 11.5 Å². The zero-order valence-corrected chi connectivity index (χ0v) is 14.8. The van der Waals surface area contributed by atoms with Gasteiger partial charge >= 0.3 is 0 Å². The van der Waals surface area contributed by atoms with Gasteiger partial charge in [0.05, 0.1) is 9.95 Å². The van der Waals surface area contributed by atoms with Crippen LogP contribution in [0.5, 0.6) is 11.5 Å². The van der Waals surface area contributed by atoms with Gasteiger partial charge in [-0.15, -0.1) is 0 Å². The van der Waals surface area contributed by atoms with Crippen LogP contribution >= 0.6 is 23.2 Å². The normalized spacial score (nSPS) is 11.4. The van der Waals surface area contributed by atoms with Gasteiger partial charge in [-0.2, -0.15) is 0 Å². The molecule has 0 aliphatic carbocycles. The summed E-state index contributed by atoms with van der Waals surface area (Å²) < 4.78 is 5.80. The molecule has 0 radical (unpaired) electrons. The van der Waals surface area contributed by atoms with Crippen LogP contribution < -0.4 is 4.74 Å². The van der Waals surface area contributed by atoms with Crippen LogP contribution in [0.4, 0.5) is 5.69 Å². The van der Waals surface area contributed by atoms with Crippen molar-refractivity contribution in [2.75, 3.05) is 0 Å². The minimum atomic E-state index is -0.467. The van der Waals surface area contributed by atoms with Crippen molar-refractivity contribution < 1.29 is 9.66 Å². The number of ether oxygens (including phenoxy) is 1. The summed E-state index contributed by atoms with van der Waals surface area (Å²) in [6, 6.07) is 8.22. The average Bonchev–Trinajstić information content (AvgIpc) is 2.43. The highest BCUT2D eigenvalue weighted by atomic mass is 35.5. The van der Waals surface area contributed by atoms with Gasteiger partial charge in [0.2, 0.25) is 0 Å². The molecule has 0 fully saturated rings. The van der Waals surface area contributed by atoms with E-state index in [1.54, 1.807) is 25.1 Å². The Labute approximate surface area is 145 Å². The number of hydrogen-bond acceptors (Lipinski definition) is 3. The van der Waals surface area contributed by atoms with Crippen LogP contribution in [0.25, 0.3) is 0 Å². The molecule has 0 aliphatic heterocycles. The Hall–Kier alpha value is -1.78. The number of rotatable bonds is 3. The van der Waals surface area contributed by atoms with E-state index >= 15 is 0 Å². The Morgan fingerprint density at radius 2 is 1.74 bits per heavy atom. The first kappa shape index (κ1) is 17.6. The van der Waals surface area contributed by atoms with Crippen molar-refractivity contribution in [3.63, 3.8) is 0 Å². The van der Waals surface area contributed by atoms with Crippen molar-refractivity contribution in [1.82, 2.24) is 0 Å². The Kier molecular flexibility index (Phi) is 4.87. The molecule has 0 atom stereocenters. The number of benzene rings is 2. The summed E-state index contributed by atoms with van der Waals surface area (Å²) in [6.07, 6.45) is 0. The predicted octanol–water partition coefficient (Wildman–Crippen LogP) is 6.30. The number of hydrogen-bond donors (Lipinski definition) is 0. The Balaban J connectivity index is 2.40. The lowest BCUT2D eigenvalue weighted by Gasteiger charge is -2.21. The fraction of sp³-hybridized carbons (Fsp3) is 0.294. The van der Waals surface area contributed by atoms with Gasteiger partial charge in [-0.3, -0.25) is 10.1 Å². The summed E-state index contributed by atoms with van der Waals surface area (Å²) in [5.74, 6) is 0.950. The van der Waals surface area contributed by atoms with E-state index in [0.717, 1.165) is 5.56 Å². The van der Waals surface area contributed by atoms with Crippen molar-refractivity contribution in [2.24, 2.45) is 0 Å². The lowest BCUT2D eigenvalue weighted by Crippen LogP contribution is -2.11. The van der Waals surface area contributed by atoms with Crippen LogP contribution in [-0.4, -0.2) is 4.92 Å². The first-order chi connectivity index (χ1) is 10.6. The van der Waals surface area contributed by atoms with Crippen LogP contribution in [0.1, 0.15) is 31.9 Å². The monoisotopic (exact) mass is 353 g/mol. The van der Waals surface area contributed by atoms with Gasteiger partial charge in [0, 0.05) is 16.7 Å². The summed E-state index contributed by atoms with van der Waals surface area (Å²) in [6.45, 7) is 7.81. The molecule has 0 unspecified atom stereocenters. The second-order valence-electron chi connectivity index (χ2n) is 6.32. The zero-order chi connectivity index (χ0) is 17.4. The molecule has 2 aromatic carbocycles. The van der Waals surface area contributed by atoms with Gasteiger partial charge in [-0.25, -0.2) is 0 Å². The van der Waals surface area contributed by atoms with Crippen LogP contribution in [-0.2, 0) is 5.41 Å². The summed E-state index contributed by atoms with van der Waals surface area (Å²) in [4.78, 5) is 10.5. The maximum atomic E-state index is 10.9. The first-order valence-corrected chi connectivity index (χ1v) is 7.77. The third kappa shape index (κ3) is 3.95. The maximum absolute atomic E-state index is 10.9. The molecule has 0 N–H and O–H groups in total. The number of nitro groups is 1.